The number of halogens is 1. The first-order valence-electron chi connectivity index (χ1n) is 9.17. The van der Waals surface area contributed by atoms with Crippen molar-refractivity contribution in [3.05, 3.63) is 30.1 Å². The van der Waals surface area contributed by atoms with Crippen molar-refractivity contribution < 1.29 is 9.13 Å². The summed E-state index contributed by atoms with van der Waals surface area (Å²) in [7, 11) is 1.80. The Morgan fingerprint density at radius 1 is 1.23 bits per heavy atom. The van der Waals surface area contributed by atoms with Gasteiger partial charge in [-0.25, -0.2) is 4.39 Å². The minimum absolute atomic E-state index is 0.0554. The topological polar surface area (TPSA) is 48.9 Å². The van der Waals surface area contributed by atoms with Crippen molar-refractivity contribution >= 4 is 17.7 Å². The second-order valence-corrected chi connectivity index (χ2v) is 8.09. The van der Waals surface area contributed by atoms with E-state index >= 15 is 0 Å². The molecular formula is C19H31FN4OS. The molecule has 2 rings (SSSR count). The van der Waals surface area contributed by atoms with Crippen molar-refractivity contribution in [1.29, 1.82) is 0 Å². The number of rotatable bonds is 8. The van der Waals surface area contributed by atoms with Gasteiger partial charge in [0.2, 0.25) is 0 Å². The number of benzene rings is 1. The van der Waals surface area contributed by atoms with E-state index in [2.05, 4.69) is 34.4 Å². The third-order valence-corrected chi connectivity index (χ3v) is 5.57. The number of nitrogens with zero attached hydrogens (tertiary/aromatic N) is 2. The molecule has 1 aromatic rings. The second-order valence-electron chi connectivity index (χ2n) is 6.92. The Morgan fingerprint density at radius 3 is 2.58 bits per heavy atom. The Labute approximate surface area is 160 Å². The molecule has 0 atom stereocenters. The van der Waals surface area contributed by atoms with Crippen LogP contribution in [0.1, 0.15) is 20.3 Å². The maximum absolute atomic E-state index is 12.9. The molecule has 146 valence electrons. The van der Waals surface area contributed by atoms with Crippen LogP contribution in [-0.4, -0.2) is 68.6 Å². The first kappa shape index (κ1) is 21.0. The quantitative estimate of drug-likeness (QED) is 0.313. The number of hydrogen-bond acceptors (Lipinski definition) is 4. The summed E-state index contributed by atoms with van der Waals surface area (Å²) in [5, 5.41) is 6.79. The van der Waals surface area contributed by atoms with Gasteiger partial charge in [0.25, 0.3) is 0 Å². The summed E-state index contributed by atoms with van der Waals surface area (Å²) in [5.41, 5.74) is 0.0554. The summed E-state index contributed by atoms with van der Waals surface area (Å²) < 4.78 is 18.3. The van der Waals surface area contributed by atoms with Crippen LogP contribution >= 0.6 is 11.8 Å². The summed E-state index contributed by atoms with van der Waals surface area (Å²) in [5.74, 6) is 1.62. The fraction of sp³-hybridized carbons (Fsp3) is 0.632. The Morgan fingerprint density at radius 2 is 1.92 bits per heavy atom. The van der Waals surface area contributed by atoms with Crippen LogP contribution in [0, 0.1) is 5.82 Å². The highest BCUT2D eigenvalue weighted by atomic mass is 32.2. The summed E-state index contributed by atoms with van der Waals surface area (Å²) in [6.45, 7) is 9.74. The molecule has 2 N–H and O–H groups in total. The first-order chi connectivity index (χ1) is 12.5. The summed E-state index contributed by atoms with van der Waals surface area (Å²) in [4.78, 5) is 7.86. The van der Waals surface area contributed by atoms with Gasteiger partial charge in [-0.15, -0.1) is 11.8 Å². The van der Waals surface area contributed by atoms with Crippen LogP contribution in [-0.2, 0) is 4.74 Å². The summed E-state index contributed by atoms with van der Waals surface area (Å²) in [6.07, 6.45) is 1.01. The Balaban J connectivity index is 1.63. The van der Waals surface area contributed by atoms with E-state index in [1.165, 1.54) is 12.1 Å². The van der Waals surface area contributed by atoms with Crippen molar-refractivity contribution in [3.63, 3.8) is 0 Å². The second kappa shape index (κ2) is 10.7. The van der Waals surface area contributed by atoms with Gasteiger partial charge in [-0.3, -0.25) is 9.89 Å². The van der Waals surface area contributed by atoms with Gasteiger partial charge in [-0.05, 0) is 50.3 Å². The Hall–Kier alpha value is -1.31. The predicted octanol–water partition coefficient (Wildman–Crippen LogP) is 2.58. The average Bonchev–Trinajstić information content (AvgIpc) is 2.66. The smallest absolute Gasteiger partial charge is 0.191 e. The summed E-state index contributed by atoms with van der Waals surface area (Å²) >= 11 is 1.74. The molecule has 0 bridgehead atoms. The molecule has 26 heavy (non-hydrogen) atoms. The van der Waals surface area contributed by atoms with Gasteiger partial charge in [0.15, 0.2) is 5.96 Å². The SMILES string of the molecule is CN=C(NCCCSc1ccc(F)cc1)NCC(C)(C)N1CCOCC1. The highest BCUT2D eigenvalue weighted by molar-refractivity contribution is 7.99. The molecular weight excluding hydrogens is 351 g/mol. The van der Waals surface area contributed by atoms with E-state index in [1.54, 1.807) is 18.8 Å². The van der Waals surface area contributed by atoms with E-state index in [1.807, 2.05) is 12.1 Å². The molecule has 1 saturated heterocycles. The Bertz CT molecular complexity index is 559. The maximum Gasteiger partial charge on any atom is 0.191 e. The molecule has 5 nitrogen and oxygen atoms in total. The van der Waals surface area contributed by atoms with Crippen molar-refractivity contribution in [1.82, 2.24) is 15.5 Å². The standard InChI is InChI=1S/C19H31FN4OS/c1-19(2,24-10-12-25-13-11-24)15-23-18(21-3)22-9-4-14-26-17-7-5-16(20)6-8-17/h5-8H,4,9-15H2,1-3H3,(H2,21,22,23). The maximum atomic E-state index is 12.9. The van der Waals surface area contributed by atoms with Crippen LogP contribution in [0.4, 0.5) is 4.39 Å². The van der Waals surface area contributed by atoms with Crippen molar-refractivity contribution in [2.45, 2.75) is 30.7 Å². The largest absolute Gasteiger partial charge is 0.379 e. The van der Waals surface area contributed by atoms with E-state index < -0.39 is 0 Å². The molecule has 1 heterocycles. The van der Waals surface area contributed by atoms with Gasteiger partial charge >= 0.3 is 0 Å². The van der Waals surface area contributed by atoms with E-state index in [-0.39, 0.29) is 11.4 Å². The van der Waals surface area contributed by atoms with E-state index in [9.17, 15) is 4.39 Å². The molecule has 0 saturated carbocycles. The van der Waals surface area contributed by atoms with Crippen LogP contribution in [0.15, 0.2) is 34.2 Å². The minimum atomic E-state index is -0.189. The molecule has 7 heteroatoms. The Kier molecular flexibility index (Phi) is 8.68. The number of ether oxygens (including phenoxy) is 1. The average molecular weight is 383 g/mol. The number of guanidine groups is 1. The molecule has 0 spiro atoms. The van der Waals surface area contributed by atoms with E-state index in [4.69, 9.17) is 4.74 Å². The zero-order valence-corrected chi connectivity index (χ0v) is 16.9. The third-order valence-electron chi connectivity index (χ3n) is 4.48. The fourth-order valence-corrected chi connectivity index (χ4v) is 3.65. The lowest BCUT2D eigenvalue weighted by Crippen LogP contribution is -2.56. The van der Waals surface area contributed by atoms with Gasteiger partial charge in [0, 0.05) is 43.7 Å². The van der Waals surface area contributed by atoms with E-state index in [0.29, 0.717) is 0 Å². The zero-order valence-electron chi connectivity index (χ0n) is 16.1. The molecule has 0 amide bonds. The molecule has 1 aliphatic rings. The summed E-state index contributed by atoms with van der Waals surface area (Å²) in [6, 6.07) is 6.65. The van der Waals surface area contributed by atoms with Crippen molar-refractivity contribution in [2.24, 2.45) is 4.99 Å². The third kappa shape index (κ3) is 7.13. The number of morpholine rings is 1. The van der Waals surface area contributed by atoms with Crippen LogP contribution in [0.25, 0.3) is 0 Å². The predicted molar refractivity (Wildman–Crippen MR) is 108 cm³/mol. The molecule has 0 aliphatic carbocycles. The lowest BCUT2D eigenvalue weighted by molar-refractivity contribution is -0.00833. The number of hydrogen-bond donors (Lipinski definition) is 2. The highest BCUT2D eigenvalue weighted by Crippen LogP contribution is 2.18. The minimum Gasteiger partial charge on any atom is -0.379 e. The molecule has 0 radical (unpaired) electrons. The molecule has 1 aromatic carbocycles. The first-order valence-corrected chi connectivity index (χ1v) is 10.2. The van der Waals surface area contributed by atoms with Crippen LogP contribution < -0.4 is 10.6 Å². The normalized spacial score (nSPS) is 16.5. The lowest BCUT2D eigenvalue weighted by Gasteiger charge is -2.41. The number of aliphatic imine (C=N–C) groups is 1. The van der Waals surface area contributed by atoms with Crippen molar-refractivity contribution in [3.8, 4) is 0 Å². The van der Waals surface area contributed by atoms with E-state index in [0.717, 1.165) is 62.4 Å². The van der Waals surface area contributed by atoms with Crippen molar-refractivity contribution in [2.75, 3.05) is 52.2 Å². The van der Waals surface area contributed by atoms with Gasteiger partial charge < -0.3 is 15.4 Å². The van der Waals surface area contributed by atoms with Gasteiger partial charge in [0.05, 0.1) is 13.2 Å². The molecule has 0 unspecified atom stereocenters. The van der Waals surface area contributed by atoms with Crippen LogP contribution in [0.3, 0.4) is 0 Å². The van der Waals surface area contributed by atoms with Gasteiger partial charge in [-0.1, -0.05) is 0 Å². The number of thioether (sulfide) groups is 1. The van der Waals surface area contributed by atoms with Crippen LogP contribution in [0.5, 0.6) is 0 Å². The van der Waals surface area contributed by atoms with Gasteiger partial charge in [-0.2, -0.15) is 0 Å². The molecule has 0 aromatic heterocycles. The zero-order chi connectivity index (χ0) is 18.8. The lowest BCUT2D eigenvalue weighted by atomic mass is 10.0. The number of nitrogens with one attached hydrogen (secondary N) is 2. The highest BCUT2D eigenvalue weighted by Gasteiger charge is 2.28. The molecule has 1 fully saturated rings. The van der Waals surface area contributed by atoms with Crippen LogP contribution in [0.2, 0.25) is 0 Å². The monoisotopic (exact) mass is 382 g/mol. The molecule has 1 aliphatic heterocycles. The van der Waals surface area contributed by atoms with Gasteiger partial charge in [0.1, 0.15) is 5.82 Å². The fourth-order valence-electron chi connectivity index (χ4n) is 2.80.